The van der Waals surface area contributed by atoms with Crippen LogP contribution in [-0.2, 0) is 0 Å². The van der Waals surface area contributed by atoms with Gasteiger partial charge in [0.2, 0.25) is 0 Å². The second kappa shape index (κ2) is 2.39. The predicted molar refractivity (Wildman–Crippen MR) is 46.4 cm³/mol. The first-order valence-corrected chi connectivity index (χ1v) is 4.55. The van der Waals surface area contributed by atoms with Crippen LogP contribution in [0.25, 0.3) is 0 Å². The normalized spacial score (nSPS) is 25.6. The summed E-state index contributed by atoms with van der Waals surface area (Å²) < 4.78 is 1.07. The lowest BCUT2D eigenvalue weighted by Crippen LogP contribution is -2.09. The van der Waals surface area contributed by atoms with Gasteiger partial charge in [-0.05, 0) is 15.9 Å². The van der Waals surface area contributed by atoms with E-state index in [4.69, 9.17) is 0 Å². The van der Waals surface area contributed by atoms with E-state index in [1.54, 1.807) is 0 Å². The van der Waals surface area contributed by atoms with Crippen molar-refractivity contribution in [3.63, 3.8) is 0 Å². The minimum atomic E-state index is 0.0405. The molecular formula is C4H4Br3N. The number of aliphatic imine (C=N–C) groups is 1. The summed E-state index contributed by atoms with van der Waals surface area (Å²) in [5.41, 5.74) is 0. The fraction of sp³-hybridized carbons (Fsp3) is 0.750. The Balaban J connectivity index is 2.55. The maximum absolute atomic E-state index is 4.13. The third kappa shape index (κ3) is 1.81. The molecule has 1 nitrogen and oxygen atoms in total. The Hall–Kier alpha value is 1.11. The van der Waals surface area contributed by atoms with Gasteiger partial charge in [0.15, 0.2) is 0 Å². The Kier molecular flexibility index (Phi) is 2.15. The zero-order chi connectivity index (χ0) is 6.20. The number of rotatable bonds is 0. The Morgan fingerprint density at radius 3 is 2.25 bits per heavy atom. The number of hydrogen-bond donors (Lipinski definition) is 0. The van der Waals surface area contributed by atoms with Gasteiger partial charge < -0.3 is 0 Å². The van der Waals surface area contributed by atoms with Gasteiger partial charge in [-0.15, -0.1) is 0 Å². The molecule has 0 bridgehead atoms. The van der Waals surface area contributed by atoms with Crippen molar-refractivity contribution in [3.05, 3.63) is 0 Å². The Morgan fingerprint density at radius 2 is 2.12 bits per heavy atom. The van der Waals surface area contributed by atoms with Crippen molar-refractivity contribution < 1.29 is 0 Å². The summed E-state index contributed by atoms with van der Waals surface area (Å²) in [7, 11) is 0. The average Bonchev–Trinajstić information content (AvgIpc) is 1.82. The van der Waals surface area contributed by atoms with E-state index in [2.05, 4.69) is 52.8 Å². The Bertz CT molecular complexity index is 129. The maximum Gasteiger partial charge on any atom is 0.106 e. The largest absolute Gasteiger partial charge is 0.280 e. The number of hydrogen-bond acceptors (Lipinski definition) is 1. The third-order valence-electron chi connectivity index (χ3n) is 0.886. The second-order valence-corrected chi connectivity index (χ2v) is 6.74. The van der Waals surface area contributed by atoms with E-state index in [9.17, 15) is 0 Å². The second-order valence-electron chi connectivity index (χ2n) is 1.73. The van der Waals surface area contributed by atoms with Crippen molar-refractivity contribution in [2.24, 2.45) is 4.99 Å². The molecular weight excluding hydrogens is 302 g/mol. The molecule has 1 heterocycles. The molecule has 4 heteroatoms. The Morgan fingerprint density at radius 1 is 1.50 bits per heavy atom. The van der Waals surface area contributed by atoms with Gasteiger partial charge in [0.1, 0.15) is 3.23 Å². The summed E-state index contributed by atoms with van der Waals surface area (Å²) in [6, 6.07) is 0. The zero-order valence-corrected chi connectivity index (χ0v) is 8.75. The van der Waals surface area contributed by atoms with E-state index in [1.807, 2.05) is 0 Å². The van der Waals surface area contributed by atoms with Gasteiger partial charge in [-0.25, -0.2) is 0 Å². The minimum absolute atomic E-state index is 0.0405. The van der Waals surface area contributed by atoms with E-state index in [1.165, 1.54) is 0 Å². The summed E-state index contributed by atoms with van der Waals surface area (Å²) in [6.45, 7) is 0.813. The summed E-state index contributed by atoms with van der Waals surface area (Å²) in [5.74, 6) is 0. The molecule has 1 rings (SSSR count). The molecule has 1 aliphatic heterocycles. The lowest BCUT2D eigenvalue weighted by atomic mass is 10.4. The van der Waals surface area contributed by atoms with Gasteiger partial charge in [-0.3, -0.25) is 4.99 Å². The number of alkyl halides is 2. The molecule has 0 saturated carbocycles. The number of halogens is 3. The molecule has 0 saturated heterocycles. The van der Waals surface area contributed by atoms with Gasteiger partial charge >= 0.3 is 0 Å². The van der Waals surface area contributed by atoms with Crippen LogP contribution >= 0.6 is 47.8 Å². The van der Waals surface area contributed by atoms with Crippen LogP contribution in [-0.4, -0.2) is 14.4 Å². The molecule has 8 heavy (non-hydrogen) atoms. The highest BCUT2D eigenvalue weighted by molar-refractivity contribution is 9.25. The minimum Gasteiger partial charge on any atom is -0.280 e. The average molecular weight is 306 g/mol. The third-order valence-corrected chi connectivity index (χ3v) is 2.48. The van der Waals surface area contributed by atoms with Crippen molar-refractivity contribution in [2.75, 3.05) is 6.54 Å². The highest BCUT2D eigenvalue weighted by Gasteiger charge is 2.28. The number of nitrogens with zero attached hydrogens (tertiary/aromatic N) is 1. The molecule has 0 N–H and O–H groups in total. The summed E-state index contributed by atoms with van der Waals surface area (Å²) >= 11 is 10.2. The van der Waals surface area contributed by atoms with Crippen molar-refractivity contribution in [1.82, 2.24) is 0 Å². The fourth-order valence-corrected chi connectivity index (χ4v) is 2.67. The molecule has 0 aliphatic carbocycles. The predicted octanol–water partition coefficient (Wildman–Crippen LogP) is 2.67. The van der Waals surface area contributed by atoms with Crippen LogP contribution in [0.4, 0.5) is 0 Å². The molecule has 0 atom stereocenters. The lowest BCUT2D eigenvalue weighted by molar-refractivity contribution is 0.943. The first-order valence-electron chi connectivity index (χ1n) is 2.17. The SMILES string of the molecule is BrC1=NCC(Br)(Br)C1. The van der Waals surface area contributed by atoms with Crippen LogP contribution in [0.2, 0.25) is 0 Å². The molecule has 0 aromatic carbocycles. The van der Waals surface area contributed by atoms with Gasteiger partial charge in [0, 0.05) is 6.42 Å². The van der Waals surface area contributed by atoms with Crippen molar-refractivity contribution in [3.8, 4) is 0 Å². The van der Waals surface area contributed by atoms with Crippen LogP contribution in [0.5, 0.6) is 0 Å². The van der Waals surface area contributed by atoms with Crippen LogP contribution in [0, 0.1) is 0 Å². The lowest BCUT2D eigenvalue weighted by Gasteiger charge is -2.07. The van der Waals surface area contributed by atoms with Crippen molar-refractivity contribution in [1.29, 1.82) is 0 Å². The highest BCUT2D eigenvalue weighted by atomic mass is 79.9. The fourth-order valence-electron chi connectivity index (χ4n) is 0.527. The first kappa shape index (κ1) is 7.22. The summed E-state index contributed by atoms with van der Waals surface area (Å²) in [6.07, 6.45) is 0.938. The first-order chi connectivity index (χ1) is 3.60. The van der Waals surface area contributed by atoms with E-state index in [0.29, 0.717) is 0 Å². The van der Waals surface area contributed by atoms with Crippen molar-refractivity contribution in [2.45, 2.75) is 9.65 Å². The molecule has 1 aliphatic rings. The topological polar surface area (TPSA) is 12.4 Å². The molecule has 0 spiro atoms. The standard InChI is InChI=1S/C4H4Br3N/c5-3-1-4(6,7)2-8-3/h1-2H2. The van der Waals surface area contributed by atoms with E-state index < -0.39 is 0 Å². The van der Waals surface area contributed by atoms with E-state index in [0.717, 1.165) is 17.6 Å². The monoisotopic (exact) mass is 303 g/mol. The van der Waals surface area contributed by atoms with E-state index >= 15 is 0 Å². The van der Waals surface area contributed by atoms with Gasteiger partial charge in [-0.1, -0.05) is 31.9 Å². The smallest absolute Gasteiger partial charge is 0.106 e. The summed E-state index contributed by atoms with van der Waals surface area (Å²) in [4.78, 5) is 4.13. The Labute approximate surface area is 73.3 Å². The maximum atomic E-state index is 4.13. The van der Waals surface area contributed by atoms with Crippen LogP contribution in [0.15, 0.2) is 4.99 Å². The molecule has 0 aromatic heterocycles. The summed E-state index contributed by atoms with van der Waals surface area (Å²) in [5, 5.41) is 0. The van der Waals surface area contributed by atoms with Crippen molar-refractivity contribution >= 4 is 52.4 Å². The van der Waals surface area contributed by atoms with Gasteiger partial charge in [0.25, 0.3) is 0 Å². The van der Waals surface area contributed by atoms with E-state index in [-0.39, 0.29) is 3.23 Å². The van der Waals surface area contributed by atoms with Crippen LogP contribution in [0.1, 0.15) is 6.42 Å². The molecule has 0 amide bonds. The molecule has 0 radical (unpaired) electrons. The molecule has 0 fully saturated rings. The quantitative estimate of drug-likeness (QED) is 0.610. The zero-order valence-electron chi connectivity index (χ0n) is 4.00. The van der Waals surface area contributed by atoms with Crippen LogP contribution < -0.4 is 0 Å². The molecule has 0 unspecified atom stereocenters. The van der Waals surface area contributed by atoms with Gasteiger partial charge in [0.05, 0.1) is 11.2 Å². The van der Waals surface area contributed by atoms with Crippen LogP contribution in [0.3, 0.4) is 0 Å². The molecule has 0 aromatic rings. The molecule has 46 valence electrons. The highest BCUT2D eigenvalue weighted by Crippen LogP contribution is 2.36. The van der Waals surface area contributed by atoms with Gasteiger partial charge in [-0.2, -0.15) is 0 Å².